The van der Waals surface area contributed by atoms with Crippen LogP contribution in [0.3, 0.4) is 0 Å². The van der Waals surface area contributed by atoms with E-state index in [1.807, 2.05) is 12.1 Å². The first-order chi connectivity index (χ1) is 13.0. The molecule has 156 valence electrons. The van der Waals surface area contributed by atoms with Crippen molar-refractivity contribution in [3.63, 3.8) is 0 Å². The number of guanidine groups is 1. The highest BCUT2D eigenvalue weighted by atomic mass is 127. The lowest BCUT2D eigenvalue weighted by Gasteiger charge is -2.24. The van der Waals surface area contributed by atoms with Crippen molar-refractivity contribution in [1.82, 2.24) is 20.9 Å². The molecule has 1 saturated heterocycles. The minimum Gasteiger partial charge on any atom is -0.368 e. The normalized spacial score (nSPS) is 16.9. The summed E-state index contributed by atoms with van der Waals surface area (Å²) in [6.07, 6.45) is 2.47. The maximum Gasteiger partial charge on any atom is 0.251 e. The van der Waals surface area contributed by atoms with Crippen molar-refractivity contribution < 1.29 is 9.59 Å². The van der Waals surface area contributed by atoms with E-state index in [1.54, 1.807) is 19.2 Å². The third-order valence-electron chi connectivity index (χ3n) is 4.73. The maximum absolute atomic E-state index is 11.9. The lowest BCUT2D eigenvalue weighted by atomic mass is 10.1. The number of primary amides is 1. The van der Waals surface area contributed by atoms with Gasteiger partial charge in [-0.05, 0) is 43.6 Å². The maximum atomic E-state index is 11.9. The summed E-state index contributed by atoms with van der Waals surface area (Å²) in [5, 5.41) is 9.15. The Bertz CT molecular complexity index is 665. The number of nitrogens with zero attached hydrogens (tertiary/aromatic N) is 2. The van der Waals surface area contributed by atoms with Gasteiger partial charge >= 0.3 is 0 Å². The smallest absolute Gasteiger partial charge is 0.251 e. The number of amides is 2. The van der Waals surface area contributed by atoms with Crippen LogP contribution in [0.1, 0.15) is 35.7 Å². The first kappa shape index (κ1) is 24.2. The summed E-state index contributed by atoms with van der Waals surface area (Å²) in [6.45, 7) is 5.77. The number of benzene rings is 1. The predicted molar refractivity (Wildman–Crippen MR) is 122 cm³/mol. The monoisotopic (exact) mass is 502 g/mol. The average molecular weight is 502 g/mol. The van der Waals surface area contributed by atoms with E-state index in [0.717, 1.165) is 24.6 Å². The van der Waals surface area contributed by atoms with Crippen LogP contribution in [0.25, 0.3) is 0 Å². The predicted octanol–water partition coefficient (Wildman–Crippen LogP) is 0.669. The van der Waals surface area contributed by atoms with E-state index in [1.165, 1.54) is 19.4 Å². The van der Waals surface area contributed by atoms with Gasteiger partial charge in [0.15, 0.2) is 5.96 Å². The zero-order valence-corrected chi connectivity index (χ0v) is 18.9. The van der Waals surface area contributed by atoms with Crippen LogP contribution in [0.2, 0.25) is 0 Å². The second kappa shape index (κ2) is 12.6. The third-order valence-corrected chi connectivity index (χ3v) is 4.73. The van der Waals surface area contributed by atoms with Crippen LogP contribution < -0.4 is 21.7 Å². The summed E-state index contributed by atoms with van der Waals surface area (Å²) in [7, 11) is 1.76. The van der Waals surface area contributed by atoms with Gasteiger partial charge in [-0.15, -0.1) is 24.0 Å². The first-order valence-corrected chi connectivity index (χ1v) is 9.37. The van der Waals surface area contributed by atoms with E-state index in [9.17, 15) is 9.59 Å². The number of halogens is 1. The number of hydrogen-bond acceptors (Lipinski definition) is 4. The highest BCUT2D eigenvalue weighted by Gasteiger charge is 2.22. The van der Waals surface area contributed by atoms with Crippen LogP contribution in [0.5, 0.6) is 0 Å². The molecule has 0 spiro atoms. The quantitative estimate of drug-likeness (QED) is 0.237. The zero-order valence-electron chi connectivity index (χ0n) is 16.5. The number of aliphatic imine (C=N–C) groups is 1. The van der Waals surface area contributed by atoms with Crippen LogP contribution in [-0.4, -0.2) is 61.9 Å². The number of hydrogen-bond donors (Lipinski definition) is 4. The molecule has 1 unspecified atom stereocenters. The SMILES string of the molecule is CCN1CCCC1CNC(=NC)NCc1ccc(C(=O)NCC(N)=O)cc1.I. The van der Waals surface area contributed by atoms with Gasteiger partial charge in [0.25, 0.3) is 5.91 Å². The standard InChI is InChI=1S/C19H30N6O2.HI/c1-3-25-10-4-5-16(25)12-24-19(21-2)23-11-14-6-8-15(9-7-14)18(27)22-13-17(20)26;/h6-9,16H,3-5,10-13H2,1-2H3,(H2,20,26)(H,22,27)(H2,21,23,24);1H. The van der Waals surface area contributed by atoms with Gasteiger partial charge in [0, 0.05) is 31.7 Å². The zero-order chi connectivity index (χ0) is 19.6. The summed E-state index contributed by atoms with van der Waals surface area (Å²) in [6, 6.07) is 7.75. The van der Waals surface area contributed by atoms with E-state index >= 15 is 0 Å². The number of carbonyl (C=O) groups excluding carboxylic acids is 2. The number of likely N-dealkylation sites (N-methyl/N-ethyl adjacent to an activating group) is 1. The number of likely N-dealkylation sites (tertiary alicyclic amines) is 1. The molecule has 5 N–H and O–H groups in total. The number of carbonyl (C=O) groups is 2. The molecule has 28 heavy (non-hydrogen) atoms. The van der Waals surface area contributed by atoms with Crippen LogP contribution in [0.4, 0.5) is 0 Å². The topological polar surface area (TPSA) is 112 Å². The van der Waals surface area contributed by atoms with Gasteiger partial charge in [0.1, 0.15) is 0 Å². The Morgan fingerprint density at radius 1 is 1.21 bits per heavy atom. The average Bonchev–Trinajstić information content (AvgIpc) is 3.14. The molecule has 0 aromatic heterocycles. The van der Waals surface area contributed by atoms with Crippen molar-refractivity contribution in [2.24, 2.45) is 10.7 Å². The first-order valence-electron chi connectivity index (χ1n) is 9.37. The van der Waals surface area contributed by atoms with Crippen molar-refractivity contribution in [1.29, 1.82) is 0 Å². The lowest BCUT2D eigenvalue weighted by molar-refractivity contribution is -0.117. The molecule has 9 heteroatoms. The van der Waals surface area contributed by atoms with E-state index in [0.29, 0.717) is 18.2 Å². The van der Waals surface area contributed by atoms with E-state index in [4.69, 9.17) is 5.73 Å². The second-order valence-electron chi connectivity index (χ2n) is 6.58. The van der Waals surface area contributed by atoms with Crippen LogP contribution in [-0.2, 0) is 11.3 Å². The molecule has 0 saturated carbocycles. The Hall–Kier alpha value is -1.88. The van der Waals surface area contributed by atoms with Gasteiger partial charge in [0.2, 0.25) is 5.91 Å². The van der Waals surface area contributed by atoms with Gasteiger partial charge in [-0.3, -0.25) is 19.5 Å². The van der Waals surface area contributed by atoms with Crippen molar-refractivity contribution in [3.05, 3.63) is 35.4 Å². The molecule has 0 aliphatic carbocycles. The minimum atomic E-state index is -0.567. The van der Waals surface area contributed by atoms with Gasteiger partial charge < -0.3 is 21.7 Å². The molecule has 1 heterocycles. The third kappa shape index (κ3) is 7.63. The molecule has 1 aliphatic rings. The molecular formula is C19H31IN6O2. The summed E-state index contributed by atoms with van der Waals surface area (Å²) < 4.78 is 0. The summed E-state index contributed by atoms with van der Waals surface area (Å²) in [5.41, 5.74) is 6.54. The van der Waals surface area contributed by atoms with Crippen LogP contribution in [0, 0.1) is 0 Å². The van der Waals surface area contributed by atoms with Gasteiger partial charge in [-0.25, -0.2) is 0 Å². The molecule has 8 nitrogen and oxygen atoms in total. The molecule has 1 fully saturated rings. The second-order valence-corrected chi connectivity index (χ2v) is 6.58. The molecule has 0 radical (unpaired) electrons. The lowest BCUT2D eigenvalue weighted by Crippen LogP contribution is -2.44. The molecule has 0 bridgehead atoms. The Kier molecular flexibility index (Phi) is 10.8. The summed E-state index contributed by atoms with van der Waals surface area (Å²) in [5.74, 6) is -0.119. The van der Waals surface area contributed by atoms with Crippen molar-refractivity contribution in [2.75, 3.05) is 33.2 Å². The fraction of sp³-hybridized carbons (Fsp3) is 0.526. The Labute approximate surface area is 183 Å². The van der Waals surface area contributed by atoms with Gasteiger partial charge in [0.05, 0.1) is 6.54 Å². The molecule has 2 amide bonds. The van der Waals surface area contributed by atoms with Crippen LogP contribution >= 0.6 is 24.0 Å². The molecule has 1 aromatic carbocycles. The Morgan fingerprint density at radius 3 is 2.54 bits per heavy atom. The number of nitrogens with two attached hydrogens (primary N) is 1. The highest BCUT2D eigenvalue weighted by molar-refractivity contribution is 14.0. The molecule has 1 atom stereocenters. The number of nitrogens with one attached hydrogen (secondary N) is 3. The van der Waals surface area contributed by atoms with Crippen molar-refractivity contribution >= 4 is 41.8 Å². The molecule has 2 rings (SSSR count). The van der Waals surface area contributed by atoms with Crippen molar-refractivity contribution in [3.8, 4) is 0 Å². The number of rotatable bonds is 8. The molecule has 1 aromatic rings. The van der Waals surface area contributed by atoms with Gasteiger partial charge in [-0.2, -0.15) is 0 Å². The fourth-order valence-electron chi connectivity index (χ4n) is 3.21. The minimum absolute atomic E-state index is 0. The Balaban J connectivity index is 0.00000392. The molecule has 1 aliphatic heterocycles. The fourth-order valence-corrected chi connectivity index (χ4v) is 3.21. The van der Waals surface area contributed by atoms with Crippen molar-refractivity contribution in [2.45, 2.75) is 32.4 Å². The van der Waals surface area contributed by atoms with Gasteiger partial charge in [-0.1, -0.05) is 19.1 Å². The largest absolute Gasteiger partial charge is 0.368 e. The van der Waals surface area contributed by atoms with E-state index < -0.39 is 5.91 Å². The Morgan fingerprint density at radius 2 is 1.93 bits per heavy atom. The summed E-state index contributed by atoms with van der Waals surface area (Å²) >= 11 is 0. The van der Waals surface area contributed by atoms with E-state index in [-0.39, 0.29) is 36.4 Å². The highest BCUT2D eigenvalue weighted by Crippen LogP contribution is 2.15. The summed E-state index contributed by atoms with van der Waals surface area (Å²) in [4.78, 5) is 29.3. The molecular weight excluding hydrogens is 471 g/mol. The van der Waals surface area contributed by atoms with E-state index in [2.05, 4.69) is 32.8 Å². The van der Waals surface area contributed by atoms with Crippen LogP contribution in [0.15, 0.2) is 29.3 Å².